The number of nitrogens with zero attached hydrogens (tertiary/aromatic N) is 4. The molecule has 22 heavy (non-hydrogen) atoms. The van der Waals surface area contributed by atoms with Crippen LogP contribution in [-0.4, -0.2) is 59.0 Å². The van der Waals surface area contributed by atoms with Gasteiger partial charge in [-0.1, -0.05) is 28.7 Å². The first-order chi connectivity index (χ1) is 10.7. The number of anilines is 1. The quantitative estimate of drug-likeness (QED) is 0.369. The van der Waals surface area contributed by atoms with Crippen LogP contribution < -0.4 is 5.32 Å². The molecule has 1 aliphatic rings. The molecule has 0 spiro atoms. The van der Waals surface area contributed by atoms with Crippen LogP contribution >= 0.6 is 22.6 Å². The second-order valence-electron chi connectivity index (χ2n) is 4.92. The maximum absolute atomic E-state index is 10.2. The number of ether oxygens (including phenoxy) is 1. The van der Waals surface area contributed by atoms with Crippen LogP contribution in [0.25, 0.3) is 11.2 Å². The maximum Gasteiger partial charge on any atom is 0.167 e. The standard InChI is InChI=1S/C13H16IN5O3/c1-2-3-15-11-8-12(17-5-16-11)19(6-18-8)13-10(21)9(20)7(4-14)22-13/h2,5-7,9-10,13,20-21H,1,3-4H2,(H,15,16,17)/t7-,9-,10-,13-/m1/s1. The molecule has 8 nitrogen and oxygen atoms in total. The van der Waals surface area contributed by atoms with E-state index < -0.39 is 24.5 Å². The van der Waals surface area contributed by atoms with Crippen LogP contribution in [0.5, 0.6) is 0 Å². The van der Waals surface area contributed by atoms with Crippen molar-refractivity contribution >= 4 is 39.6 Å². The van der Waals surface area contributed by atoms with Gasteiger partial charge in [0.05, 0.1) is 12.4 Å². The van der Waals surface area contributed by atoms with E-state index in [0.717, 1.165) is 0 Å². The van der Waals surface area contributed by atoms with Gasteiger partial charge in [0.2, 0.25) is 0 Å². The van der Waals surface area contributed by atoms with Crippen molar-refractivity contribution in [2.45, 2.75) is 24.5 Å². The van der Waals surface area contributed by atoms with Crippen molar-refractivity contribution in [1.82, 2.24) is 19.5 Å². The number of nitrogens with one attached hydrogen (secondary N) is 1. The molecular weight excluding hydrogens is 401 g/mol. The highest BCUT2D eigenvalue weighted by Crippen LogP contribution is 2.32. The molecule has 3 heterocycles. The van der Waals surface area contributed by atoms with E-state index in [1.165, 1.54) is 12.7 Å². The highest BCUT2D eigenvalue weighted by atomic mass is 127. The summed E-state index contributed by atoms with van der Waals surface area (Å²) in [5.74, 6) is 0.585. The number of fused-ring (bicyclic) bond motifs is 1. The number of aliphatic hydroxyl groups is 2. The summed E-state index contributed by atoms with van der Waals surface area (Å²) in [6.45, 7) is 4.20. The second kappa shape index (κ2) is 6.44. The lowest BCUT2D eigenvalue weighted by Crippen LogP contribution is -2.32. The molecule has 1 saturated heterocycles. The van der Waals surface area contributed by atoms with E-state index in [-0.39, 0.29) is 0 Å². The molecule has 0 bridgehead atoms. The van der Waals surface area contributed by atoms with E-state index in [2.05, 4.69) is 49.4 Å². The smallest absolute Gasteiger partial charge is 0.167 e. The van der Waals surface area contributed by atoms with Crippen molar-refractivity contribution in [2.24, 2.45) is 0 Å². The summed E-state index contributed by atoms with van der Waals surface area (Å²) in [6, 6.07) is 0. The number of hydrogen-bond acceptors (Lipinski definition) is 7. The molecule has 0 radical (unpaired) electrons. The molecule has 0 saturated carbocycles. The summed E-state index contributed by atoms with van der Waals surface area (Å²) >= 11 is 2.12. The molecule has 0 aliphatic carbocycles. The van der Waals surface area contributed by atoms with E-state index >= 15 is 0 Å². The molecule has 9 heteroatoms. The minimum Gasteiger partial charge on any atom is -0.387 e. The molecule has 0 amide bonds. The van der Waals surface area contributed by atoms with Gasteiger partial charge < -0.3 is 20.3 Å². The fourth-order valence-electron chi connectivity index (χ4n) is 2.42. The number of aliphatic hydroxyl groups excluding tert-OH is 2. The van der Waals surface area contributed by atoms with Crippen LogP contribution in [0.1, 0.15) is 6.23 Å². The lowest BCUT2D eigenvalue weighted by molar-refractivity contribution is -0.0283. The molecule has 2 aromatic heterocycles. The third kappa shape index (κ3) is 2.57. The molecule has 0 aromatic carbocycles. The van der Waals surface area contributed by atoms with Crippen molar-refractivity contribution < 1.29 is 14.9 Å². The number of aromatic nitrogens is 4. The first-order valence-electron chi connectivity index (χ1n) is 6.77. The van der Waals surface area contributed by atoms with E-state index in [4.69, 9.17) is 4.74 Å². The lowest BCUT2D eigenvalue weighted by Gasteiger charge is -2.16. The van der Waals surface area contributed by atoms with Crippen molar-refractivity contribution in [1.29, 1.82) is 0 Å². The molecule has 1 fully saturated rings. The summed E-state index contributed by atoms with van der Waals surface area (Å²) < 4.78 is 7.93. The Morgan fingerprint density at radius 2 is 2.18 bits per heavy atom. The van der Waals surface area contributed by atoms with E-state index in [0.29, 0.717) is 28.0 Å². The van der Waals surface area contributed by atoms with Gasteiger partial charge in [-0.05, 0) is 0 Å². The Morgan fingerprint density at radius 3 is 2.86 bits per heavy atom. The highest BCUT2D eigenvalue weighted by molar-refractivity contribution is 14.1. The third-order valence-corrected chi connectivity index (χ3v) is 4.40. The van der Waals surface area contributed by atoms with Gasteiger partial charge in [-0.3, -0.25) is 4.57 Å². The molecule has 0 unspecified atom stereocenters. The summed E-state index contributed by atoms with van der Waals surface area (Å²) in [5.41, 5.74) is 1.11. The predicted molar refractivity (Wildman–Crippen MR) is 88.8 cm³/mol. The van der Waals surface area contributed by atoms with Crippen molar-refractivity contribution in [3.05, 3.63) is 25.3 Å². The predicted octanol–water partition coefficient (Wildman–Crippen LogP) is 0.478. The van der Waals surface area contributed by atoms with Crippen LogP contribution in [-0.2, 0) is 4.74 Å². The third-order valence-electron chi connectivity index (χ3n) is 3.54. The number of halogens is 1. The van der Waals surface area contributed by atoms with E-state index in [1.807, 2.05) is 0 Å². The zero-order chi connectivity index (χ0) is 15.7. The fraction of sp³-hybridized carbons (Fsp3) is 0.462. The second-order valence-corrected chi connectivity index (χ2v) is 5.80. The molecule has 3 rings (SSSR count). The van der Waals surface area contributed by atoms with Crippen molar-refractivity contribution in [2.75, 3.05) is 16.3 Å². The molecule has 3 N–H and O–H groups in total. The lowest BCUT2D eigenvalue weighted by atomic mass is 10.1. The summed E-state index contributed by atoms with van der Waals surface area (Å²) in [5, 5.41) is 23.3. The van der Waals surface area contributed by atoms with Gasteiger partial charge in [0, 0.05) is 11.0 Å². The minimum atomic E-state index is -1.03. The van der Waals surface area contributed by atoms with E-state index in [1.54, 1.807) is 10.6 Å². The molecule has 2 aromatic rings. The first kappa shape index (κ1) is 15.6. The van der Waals surface area contributed by atoms with Gasteiger partial charge in [-0.2, -0.15) is 0 Å². The summed E-state index contributed by atoms with van der Waals surface area (Å²) in [6.07, 6.45) is 1.57. The van der Waals surface area contributed by atoms with Gasteiger partial charge in [0.25, 0.3) is 0 Å². The largest absolute Gasteiger partial charge is 0.387 e. The normalized spacial score (nSPS) is 28.1. The number of alkyl halides is 1. The summed E-state index contributed by atoms with van der Waals surface area (Å²) in [4.78, 5) is 12.7. The SMILES string of the molecule is C=CCNc1ncnc2c1ncn2[C@@H]1O[C@H](CI)[C@@H](O)[C@H]1O. The van der Waals surface area contributed by atoms with E-state index in [9.17, 15) is 10.2 Å². The number of hydrogen-bond donors (Lipinski definition) is 3. The average Bonchev–Trinajstić information content (AvgIpc) is 3.08. The number of rotatable bonds is 5. The van der Waals surface area contributed by atoms with Crippen LogP contribution in [0.3, 0.4) is 0 Å². The Kier molecular flexibility index (Phi) is 4.57. The first-order valence-corrected chi connectivity index (χ1v) is 8.29. The van der Waals surface area contributed by atoms with Crippen LogP contribution in [0.15, 0.2) is 25.3 Å². The highest BCUT2D eigenvalue weighted by Gasteiger charge is 2.43. The Hall–Kier alpha value is -1.30. The topological polar surface area (TPSA) is 105 Å². The minimum absolute atomic E-state index is 0.418. The monoisotopic (exact) mass is 417 g/mol. The maximum atomic E-state index is 10.2. The van der Waals surface area contributed by atoms with Crippen LogP contribution in [0, 0.1) is 0 Å². The molecule has 118 valence electrons. The Bertz CT molecular complexity index is 679. The zero-order valence-electron chi connectivity index (χ0n) is 11.6. The van der Waals surface area contributed by atoms with Gasteiger partial charge >= 0.3 is 0 Å². The Labute approximate surface area is 140 Å². The zero-order valence-corrected chi connectivity index (χ0v) is 13.8. The Balaban J connectivity index is 1.97. The molecular formula is C13H16IN5O3. The van der Waals surface area contributed by atoms with Gasteiger partial charge in [0.15, 0.2) is 23.2 Å². The Morgan fingerprint density at radius 1 is 1.36 bits per heavy atom. The van der Waals surface area contributed by atoms with Gasteiger partial charge in [-0.15, -0.1) is 6.58 Å². The molecule has 1 aliphatic heterocycles. The fourth-order valence-corrected chi connectivity index (χ4v) is 3.15. The van der Waals surface area contributed by atoms with Crippen molar-refractivity contribution in [3.63, 3.8) is 0 Å². The van der Waals surface area contributed by atoms with Crippen molar-refractivity contribution in [3.8, 4) is 0 Å². The summed E-state index contributed by atoms with van der Waals surface area (Å²) in [7, 11) is 0. The van der Waals surface area contributed by atoms with Gasteiger partial charge in [0.1, 0.15) is 18.5 Å². The average molecular weight is 417 g/mol. The van der Waals surface area contributed by atoms with Gasteiger partial charge in [-0.25, -0.2) is 15.0 Å². The molecule has 4 atom stereocenters. The van der Waals surface area contributed by atoms with Crippen LogP contribution in [0.2, 0.25) is 0 Å². The van der Waals surface area contributed by atoms with Crippen LogP contribution in [0.4, 0.5) is 5.82 Å². The number of imidazole rings is 1.